The number of allylic oxidation sites excluding steroid dienone is 1. The van der Waals surface area contributed by atoms with E-state index in [-0.39, 0.29) is 5.78 Å². The zero-order valence-electron chi connectivity index (χ0n) is 10.3. The molecular formula is C14H11N3OS. The van der Waals surface area contributed by atoms with E-state index in [4.69, 9.17) is 0 Å². The Kier molecular flexibility index (Phi) is 3.05. The molecule has 0 saturated carbocycles. The van der Waals surface area contributed by atoms with Crippen molar-refractivity contribution in [2.24, 2.45) is 0 Å². The first-order chi connectivity index (χ1) is 9.22. The second-order valence-corrected chi connectivity index (χ2v) is 5.17. The number of hydrogen-bond donors (Lipinski definition) is 1. The largest absolute Gasteiger partial charge is 0.337 e. The number of fused-ring (bicyclic) bond motifs is 2. The van der Waals surface area contributed by atoms with Crippen LogP contribution in [0, 0.1) is 0 Å². The van der Waals surface area contributed by atoms with Crippen molar-refractivity contribution < 1.29 is 4.79 Å². The molecular weight excluding hydrogens is 258 g/mol. The van der Waals surface area contributed by atoms with Crippen LogP contribution < -0.4 is 5.32 Å². The molecule has 1 aromatic heterocycles. The van der Waals surface area contributed by atoms with Crippen molar-refractivity contribution in [2.45, 2.75) is 16.8 Å². The highest BCUT2D eigenvalue weighted by molar-refractivity contribution is 7.99. The summed E-state index contributed by atoms with van der Waals surface area (Å²) < 4.78 is 0. The maximum absolute atomic E-state index is 10.9. The van der Waals surface area contributed by atoms with Crippen molar-refractivity contribution in [1.82, 2.24) is 9.97 Å². The summed E-state index contributed by atoms with van der Waals surface area (Å²) in [5, 5.41) is 4.13. The predicted octanol–water partition coefficient (Wildman–Crippen LogP) is 3.29. The molecule has 0 aliphatic carbocycles. The van der Waals surface area contributed by atoms with Gasteiger partial charge < -0.3 is 5.32 Å². The van der Waals surface area contributed by atoms with E-state index < -0.39 is 0 Å². The number of nitrogens with one attached hydrogen (secondary N) is 1. The minimum Gasteiger partial charge on any atom is -0.337 e. The zero-order valence-corrected chi connectivity index (χ0v) is 11.1. The minimum atomic E-state index is 0.0382. The van der Waals surface area contributed by atoms with Gasteiger partial charge in [-0.3, -0.25) is 4.79 Å². The first-order valence-electron chi connectivity index (χ1n) is 5.81. The van der Waals surface area contributed by atoms with Crippen LogP contribution in [0.2, 0.25) is 0 Å². The molecule has 1 N–H and O–H groups in total. The molecule has 0 atom stereocenters. The van der Waals surface area contributed by atoms with Crippen molar-refractivity contribution in [2.75, 3.05) is 5.32 Å². The highest BCUT2D eigenvalue weighted by Crippen LogP contribution is 2.42. The van der Waals surface area contributed by atoms with Gasteiger partial charge in [0.15, 0.2) is 11.6 Å². The Balaban J connectivity index is 1.94. The number of nitrogens with zero attached hydrogens (tertiary/aromatic N) is 2. The molecule has 0 fully saturated rings. The molecule has 1 aliphatic heterocycles. The summed E-state index contributed by atoms with van der Waals surface area (Å²) in [6.07, 6.45) is 6.71. The van der Waals surface area contributed by atoms with Crippen molar-refractivity contribution in [1.29, 1.82) is 0 Å². The van der Waals surface area contributed by atoms with Crippen molar-refractivity contribution >= 4 is 35.1 Å². The lowest BCUT2D eigenvalue weighted by Crippen LogP contribution is -2.03. The Bertz CT molecular complexity index is 682. The SMILES string of the molecule is CC(=O)C=Cc1ccc2c(c1)Nc1nccnc1S2. The van der Waals surface area contributed by atoms with Gasteiger partial charge in [-0.15, -0.1) is 0 Å². The summed E-state index contributed by atoms with van der Waals surface area (Å²) >= 11 is 1.59. The Morgan fingerprint density at radius 1 is 1.32 bits per heavy atom. The van der Waals surface area contributed by atoms with Gasteiger partial charge in [0.1, 0.15) is 5.03 Å². The summed E-state index contributed by atoms with van der Waals surface area (Å²) in [4.78, 5) is 20.6. The van der Waals surface area contributed by atoms with Crippen LogP contribution in [0.25, 0.3) is 6.08 Å². The summed E-state index contributed by atoms with van der Waals surface area (Å²) in [5.41, 5.74) is 1.97. The number of anilines is 2. The third kappa shape index (κ3) is 2.51. The van der Waals surface area contributed by atoms with E-state index in [0.29, 0.717) is 0 Å². The third-order valence-electron chi connectivity index (χ3n) is 2.64. The quantitative estimate of drug-likeness (QED) is 0.723. The molecule has 5 heteroatoms. The molecule has 2 aromatic rings. The van der Waals surface area contributed by atoms with Crippen LogP contribution in [0.1, 0.15) is 12.5 Å². The smallest absolute Gasteiger partial charge is 0.163 e. The minimum absolute atomic E-state index is 0.0382. The lowest BCUT2D eigenvalue weighted by atomic mass is 10.1. The molecule has 0 bridgehead atoms. The number of aromatic nitrogens is 2. The van der Waals surface area contributed by atoms with Crippen molar-refractivity contribution in [3.8, 4) is 0 Å². The Morgan fingerprint density at radius 2 is 2.16 bits per heavy atom. The van der Waals surface area contributed by atoms with Crippen LogP contribution in [-0.4, -0.2) is 15.8 Å². The average molecular weight is 269 g/mol. The molecule has 94 valence electrons. The normalized spacial score (nSPS) is 12.7. The number of rotatable bonds is 2. The first kappa shape index (κ1) is 11.9. The Labute approximate surface area is 115 Å². The van der Waals surface area contributed by atoms with Crippen LogP contribution in [0.3, 0.4) is 0 Å². The van der Waals surface area contributed by atoms with Gasteiger partial charge in [0.25, 0.3) is 0 Å². The topological polar surface area (TPSA) is 54.9 Å². The molecule has 0 unspecified atom stereocenters. The molecule has 2 heterocycles. The van der Waals surface area contributed by atoms with Crippen LogP contribution in [-0.2, 0) is 4.79 Å². The summed E-state index contributed by atoms with van der Waals surface area (Å²) in [6, 6.07) is 6.00. The molecule has 19 heavy (non-hydrogen) atoms. The van der Waals surface area contributed by atoms with E-state index in [1.165, 1.54) is 6.92 Å². The summed E-state index contributed by atoms with van der Waals surface area (Å²) in [7, 11) is 0. The second-order valence-electron chi connectivity index (χ2n) is 4.14. The Morgan fingerprint density at radius 3 is 3.00 bits per heavy atom. The second kappa shape index (κ2) is 4.85. The van der Waals surface area contributed by atoms with Gasteiger partial charge in [-0.25, -0.2) is 9.97 Å². The van der Waals surface area contributed by atoms with Gasteiger partial charge in [-0.05, 0) is 30.7 Å². The summed E-state index contributed by atoms with van der Waals surface area (Å²) in [5.74, 6) is 0.809. The van der Waals surface area contributed by atoms with E-state index in [2.05, 4.69) is 15.3 Å². The van der Waals surface area contributed by atoms with Gasteiger partial charge in [0, 0.05) is 17.3 Å². The van der Waals surface area contributed by atoms with Crippen LogP contribution in [0.5, 0.6) is 0 Å². The fourth-order valence-electron chi connectivity index (χ4n) is 1.77. The van der Waals surface area contributed by atoms with E-state index in [1.807, 2.05) is 18.2 Å². The first-order valence-corrected chi connectivity index (χ1v) is 6.62. The maximum atomic E-state index is 10.9. The number of hydrogen-bond acceptors (Lipinski definition) is 5. The molecule has 4 nitrogen and oxygen atoms in total. The lowest BCUT2D eigenvalue weighted by molar-refractivity contribution is -0.112. The van der Waals surface area contributed by atoms with E-state index in [0.717, 1.165) is 27.0 Å². The Hall–Kier alpha value is -2.14. The monoisotopic (exact) mass is 269 g/mol. The molecule has 0 amide bonds. The average Bonchev–Trinajstić information content (AvgIpc) is 2.42. The lowest BCUT2D eigenvalue weighted by Gasteiger charge is -2.18. The van der Waals surface area contributed by atoms with Crippen molar-refractivity contribution in [3.05, 3.63) is 42.2 Å². The van der Waals surface area contributed by atoms with Gasteiger partial charge >= 0.3 is 0 Å². The number of carbonyl (C=O) groups is 1. The molecule has 0 radical (unpaired) electrons. The van der Waals surface area contributed by atoms with Gasteiger partial charge in [0.05, 0.1) is 5.69 Å². The fraction of sp³-hybridized carbons (Fsp3) is 0.0714. The fourth-order valence-corrected chi connectivity index (χ4v) is 2.65. The van der Waals surface area contributed by atoms with Gasteiger partial charge in [-0.1, -0.05) is 23.9 Å². The van der Waals surface area contributed by atoms with E-state index in [1.54, 1.807) is 36.3 Å². The molecule has 3 rings (SSSR count). The number of benzene rings is 1. The summed E-state index contributed by atoms with van der Waals surface area (Å²) in [6.45, 7) is 1.54. The molecule has 0 spiro atoms. The van der Waals surface area contributed by atoms with Crippen LogP contribution in [0.4, 0.5) is 11.5 Å². The van der Waals surface area contributed by atoms with Crippen LogP contribution >= 0.6 is 11.8 Å². The highest BCUT2D eigenvalue weighted by atomic mass is 32.2. The predicted molar refractivity (Wildman–Crippen MR) is 75.6 cm³/mol. The standard InChI is InChI=1S/C14H11N3OS/c1-9(18)2-3-10-4-5-12-11(8-10)17-13-14(19-12)16-7-6-15-13/h2-8H,1H3,(H,15,17). The molecule has 1 aliphatic rings. The van der Waals surface area contributed by atoms with E-state index >= 15 is 0 Å². The number of carbonyl (C=O) groups excluding carboxylic acids is 1. The maximum Gasteiger partial charge on any atom is 0.163 e. The van der Waals surface area contributed by atoms with Gasteiger partial charge in [-0.2, -0.15) is 0 Å². The highest BCUT2D eigenvalue weighted by Gasteiger charge is 2.17. The molecule has 1 aromatic carbocycles. The third-order valence-corrected chi connectivity index (χ3v) is 3.71. The molecule has 0 saturated heterocycles. The van der Waals surface area contributed by atoms with E-state index in [9.17, 15) is 4.79 Å². The van der Waals surface area contributed by atoms with Crippen molar-refractivity contribution in [3.63, 3.8) is 0 Å². The zero-order chi connectivity index (χ0) is 13.2. The van der Waals surface area contributed by atoms with Crippen LogP contribution in [0.15, 0.2) is 46.6 Å². The number of ketones is 1. The van der Waals surface area contributed by atoms with Gasteiger partial charge in [0.2, 0.25) is 0 Å².